The van der Waals surface area contributed by atoms with Gasteiger partial charge >= 0.3 is 5.97 Å². The SMILES string of the molecule is COc1ccc(C2(CC(=O)O)CC2)c(C)c1. The van der Waals surface area contributed by atoms with Gasteiger partial charge in [0.25, 0.3) is 0 Å². The fourth-order valence-corrected chi connectivity index (χ4v) is 2.34. The fraction of sp³-hybridized carbons (Fsp3) is 0.462. The van der Waals surface area contributed by atoms with Crippen LogP contribution in [0.15, 0.2) is 18.2 Å². The molecule has 1 fully saturated rings. The van der Waals surface area contributed by atoms with E-state index in [2.05, 4.69) is 0 Å². The van der Waals surface area contributed by atoms with Crippen LogP contribution in [-0.4, -0.2) is 18.2 Å². The molecule has 0 saturated heterocycles. The summed E-state index contributed by atoms with van der Waals surface area (Å²) in [5.74, 6) is 0.111. The van der Waals surface area contributed by atoms with Gasteiger partial charge in [0.15, 0.2) is 0 Å². The van der Waals surface area contributed by atoms with E-state index in [9.17, 15) is 4.79 Å². The molecule has 1 saturated carbocycles. The second kappa shape index (κ2) is 3.81. The van der Waals surface area contributed by atoms with E-state index in [0.717, 1.165) is 29.7 Å². The lowest BCUT2D eigenvalue weighted by Gasteiger charge is -2.16. The molecule has 1 aromatic carbocycles. The predicted octanol–water partition coefficient (Wildman–Crippen LogP) is 2.51. The Morgan fingerprint density at radius 1 is 1.50 bits per heavy atom. The van der Waals surface area contributed by atoms with E-state index in [-0.39, 0.29) is 11.8 Å². The molecule has 0 amide bonds. The van der Waals surface area contributed by atoms with Crippen molar-refractivity contribution in [2.45, 2.75) is 31.6 Å². The normalized spacial score (nSPS) is 16.9. The minimum Gasteiger partial charge on any atom is -0.497 e. The molecule has 0 aromatic heterocycles. The maximum absolute atomic E-state index is 10.8. The zero-order valence-corrected chi connectivity index (χ0v) is 9.62. The van der Waals surface area contributed by atoms with Crippen LogP contribution in [0.5, 0.6) is 5.75 Å². The van der Waals surface area contributed by atoms with Crippen LogP contribution in [0.2, 0.25) is 0 Å². The third kappa shape index (κ3) is 1.90. The van der Waals surface area contributed by atoms with Crippen molar-refractivity contribution in [3.63, 3.8) is 0 Å². The minimum absolute atomic E-state index is 0.109. The first-order chi connectivity index (χ1) is 7.57. The Bertz CT molecular complexity index is 419. The van der Waals surface area contributed by atoms with Gasteiger partial charge in [-0.1, -0.05) is 6.07 Å². The number of methoxy groups -OCH3 is 1. The first-order valence-corrected chi connectivity index (χ1v) is 5.44. The lowest BCUT2D eigenvalue weighted by molar-refractivity contribution is -0.137. The van der Waals surface area contributed by atoms with Crippen molar-refractivity contribution in [1.82, 2.24) is 0 Å². The molecule has 0 unspecified atom stereocenters. The number of ether oxygens (including phenoxy) is 1. The minimum atomic E-state index is -0.715. The van der Waals surface area contributed by atoms with E-state index in [0.29, 0.717) is 0 Å². The summed E-state index contributed by atoms with van der Waals surface area (Å²) >= 11 is 0. The topological polar surface area (TPSA) is 46.5 Å². The summed E-state index contributed by atoms with van der Waals surface area (Å²) in [4.78, 5) is 10.8. The second-order valence-corrected chi connectivity index (χ2v) is 4.53. The van der Waals surface area contributed by atoms with Gasteiger partial charge in [-0.3, -0.25) is 4.79 Å². The van der Waals surface area contributed by atoms with Gasteiger partial charge in [-0.25, -0.2) is 0 Å². The quantitative estimate of drug-likeness (QED) is 0.848. The summed E-state index contributed by atoms with van der Waals surface area (Å²) in [6, 6.07) is 5.88. The van der Waals surface area contributed by atoms with Gasteiger partial charge in [0.1, 0.15) is 5.75 Å². The number of aliphatic carboxylic acids is 1. The molecule has 0 aliphatic heterocycles. The van der Waals surface area contributed by atoms with Crippen LogP contribution in [0.1, 0.15) is 30.4 Å². The van der Waals surface area contributed by atoms with Crippen LogP contribution in [0, 0.1) is 6.92 Å². The van der Waals surface area contributed by atoms with Gasteiger partial charge in [-0.2, -0.15) is 0 Å². The lowest BCUT2D eigenvalue weighted by atomic mass is 9.89. The number of rotatable bonds is 4. The van der Waals surface area contributed by atoms with Crippen molar-refractivity contribution < 1.29 is 14.6 Å². The standard InChI is InChI=1S/C13H16O3/c1-9-7-10(16-2)3-4-11(9)13(5-6-13)8-12(14)15/h3-4,7H,5-6,8H2,1-2H3,(H,14,15). The average molecular weight is 220 g/mol. The number of hydrogen-bond acceptors (Lipinski definition) is 2. The molecule has 1 aliphatic rings. The zero-order valence-electron chi connectivity index (χ0n) is 9.62. The summed E-state index contributed by atoms with van der Waals surface area (Å²) in [5, 5.41) is 8.92. The second-order valence-electron chi connectivity index (χ2n) is 4.53. The van der Waals surface area contributed by atoms with E-state index < -0.39 is 5.97 Å². The van der Waals surface area contributed by atoms with E-state index in [1.54, 1.807) is 7.11 Å². The Labute approximate surface area is 95.0 Å². The van der Waals surface area contributed by atoms with Crippen molar-refractivity contribution in [2.75, 3.05) is 7.11 Å². The van der Waals surface area contributed by atoms with Crippen LogP contribution in [0.25, 0.3) is 0 Å². The lowest BCUT2D eigenvalue weighted by Crippen LogP contribution is -2.14. The zero-order chi connectivity index (χ0) is 11.8. The van der Waals surface area contributed by atoms with Crippen LogP contribution < -0.4 is 4.74 Å². The molecule has 86 valence electrons. The van der Waals surface area contributed by atoms with Crippen LogP contribution in [0.3, 0.4) is 0 Å². The van der Waals surface area contributed by atoms with Gasteiger partial charge < -0.3 is 9.84 Å². The first kappa shape index (κ1) is 11.0. The highest BCUT2D eigenvalue weighted by atomic mass is 16.5. The summed E-state index contributed by atoms with van der Waals surface area (Å²) in [6.45, 7) is 2.01. The Hall–Kier alpha value is -1.51. The summed E-state index contributed by atoms with van der Waals surface area (Å²) in [5.41, 5.74) is 2.18. The van der Waals surface area contributed by atoms with E-state index in [1.807, 2.05) is 25.1 Å². The first-order valence-electron chi connectivity index (χ1n) is 5.44. The smallest absolute Gasteiger partial charge is 0.304 e. The molecule has 3 heteroatoms. The number of carboxylic acid groups (broad SMARTS) is 1. The maximum Gasteiger partial charge on any atom is 0.304 e. The number of aryl methyl sites for hydroxylation is 1. The summed E-state index contributed by atoms with van der Waals surface area (Å²) in [6.07, 6.45) is 2.19. The number of carboxylic acids is 1. The van der Waals surface area contributed by atoms with Gasteiger partial charge in [0.05, 0.1) is 13.5 Å². The number of benzene rings is 1. The van der Waals surface area contributed by atoms with Crippen molar-refractivity contribution in [3.8, 4) is 5.75 Å². The molecule has 0 spiro atoms. The van der Waals surface area contributed by atoms with Crippen molar-refractivity contribution in [2.24, 2.45) is 0 Å². The molecular formula is C13H16O3. The van der Waals surface area contributed by atoms with Gasteiger partial charge in [-0.05, 0) is 43.0 Å². The van der Waals surface area contributed by atoms with E-state index >= 15 is 0 Å². The van der Waals surface area contributed by atoms with Gasteiger partial charge in [-0.15, -0.1) is 0 Å². The van der Waals surface area contributed by atoms with E-state index in [4.69, 9.17) is 9.84 Å². The summed E-state index contributed by atoms with van der Waals surface area (Å²) in [7, 11) is 1.64. The molecule has 1 aliphatic carbocycles. The third-order valence-corrected chi connectivity index (χ3v) is 3.35. The molecule has 0 atom stereocenters. The molecule has 1 aromatic rings. The molecule has 0 heterocycles. The third-order valence-electron chi connectivity index (χ3n) is 3.35. The molecule has 1 N–H and O–H groups in total. The predicted molar refractivity (Wildman–Crippen MR) is 60.9 cm³/mol. The van der Waals surface area contributed by atoms with Gasteiger partial charge in [0, 0.05) is 5.41 Å². The maximum atomic E-state index is 10.8. The Morgan fingerprint density at radius 2 is 2.19 bits per heavy atom. The average Bonchev–Trinajstić information content (AvgIpc) is 2.97. The molecule has 3 nitrogen and oxygen atoms in total. The van der Waals surface area contributed by atoms with Crippen molar-refractivity contribution in [3.05, 3.63) is 29.3 Å². The summed E-state index contributed by atoms with van der Waals surface area (Å²) < 4.78 is 5.15. The van der Waals surface area contributed by atoms with Crippen LogP contribution in [-0.2, 0) is 10.2 Å². The molecule has 2 rings (SSSR count). The van der Waals surface area contributed by atoms with E-state index in [1.165, 1.54) is 0 Å². The highest BCUT2D eigenvalue weighted by Gasteiger charge is 2.46. The highest BCUT2D eigenvalue weighted by molar-refractivity contribution is 5.70. The van der Waals surface area contributed by atoms with Crippen LogP contribution in [0.4, 0.5) is 0 Å². The van der Waals surface area contributed by atoms with Crippen molar-refractivity contribution >= 4 is 5.97 Å². The number of hydrogen-bond donors (Lipinski definition) is 1. The molecule has 16 heavy (non-hydrogen) atoms. The molecule has 0 radical (unpaired) electrons. The number of carbonyl (C=O) groups is 1. The molecule has 0 bridgehead atoms. The Morgan fingerprint density at radius 3 is 2.62 bits per heavy atom. The fourth-order valence-electron chi connectivity index (χ4n) is 2.34. The Kier molecular flexibility index (Phi) is 2.62. The van der Waals surface area contributed by atoms with Crippen LogP contribution >= 0.6 is 0 Å². The van der Waals surface area contributed by atoms with Crippen molar-refractivity contribution in [1.29, 1.82) is 0 Å². The largest absolute Gasteiger partial charge is 0.497 e. The highest BCUT2D eigenvalue weighted by Crippen LogP contribution is 2.52. The monoisotopic (exact) mass is 220 g/mol. The molecular weight excluding hydrogens is 204 g/mol. The van der Waals surface area contributed by atoms with Gasteiger partial charge in [0.2, 0.25) is 0 Å². The Balaban J connectivity index is 2.30.